The van der Waals surface area contributed by atoms with Crippen molar-refractivity contribution >= 4 is 35.7 Å². The molecule has 1 rings (SSSR count). The molecular formula is C27H39F3N4O8. The van der Waals surface area contributed by atoms with Crippen molar-refractivity contribution in [2.24, 2.45) is 29.4 Å². The molecule has 7 N–H and O–H groups in total. The highest BCUT2D eigenvalue weighted by atomic mass is 19.4. The van der Waals surface area contributed by atoms with Crippen LogP contribution in [0.2, 0.25) is 0 Å². The second kappa shape index (κ2) is 18.5. The number of nitrogens with zero attached hydrogens (tertiary/aromatic N) is 1. The van der Waals surface area contributed by atoms with E-state index < -0.39 is 60.1 Å². The molecule has 0 aromatic heterocycles. The van der Waals surface area contributed by atoms with Crippen LogP contribution in [0.4, 0.5) is 13.2 Å². The van der Waals surface area contributed by atoms with Crippen LogP contribution in [0.15, 0.2) is 36.4 Å². The van der Waals surface area contributed by atoms with E-state index in [-0.39, 0.29) is 24.8 Å². The van der Waals surface area contributed by atoms with E-state index in [9.17, 15) is 37.6 Å². The molecule has 15 heteroatoms. The van der Waals surface area contributed by atoms with Gasteiger partial charge in [0.15, 0.2) is 0 Å². The maximum Gasteiger partial charge on any atom is 0.490 e. The highest BCUT2D eigenvalue weighted by Gasteiger charge is 2.38. The molecule has 3 amide bonds. The van der Waals surface area contributed by atoms with Crippen molar-refractivity contribution in [3.05, 3.63) is 42.0 Å². The maximum absolute atomic E-state index is 13.4. The Balaban J connectivity index is 0.00000212. The summed E-state index contributed by atoms with van der Waals surface area (Å²) in [5.74, 6) is -7.77. The molecule has 3 atom stereocenters. The third-order valence-electron chi connectivity index (χ3n) is 5.54. The van der Waals surface area contributed by atoms with Crippen LogP contribution in [0.25, 0.3) is 6.08 Å². The van der Waals surface area contributed by atoms with Gasteiger partial charge in [-0.2, -0.15) is 13.2 Å². The summed E-state index contributed by atoms with van der Waals surface area (Å²) in [5.41, 5.74) is 10.7. The van der Waals surface area contributed by atoms with Crippen molar-refractivity contribution < 1.29 is 52.6 Å². The zero-order chi connectivity index (χ0) is 32.6. The Morgan fingerprint density at radius 3 is 1.93 bits per heavy atom. The van der Waals surface area contributed by atoms with Gasteiger partial charge in [-0.05, 0) is 30.2 Å². The number of hydroxylamine groups is 1. The van der Waals surface area contributed by atoms with E-state index in [1.807, 2.05) is 64.1 Å². The smallest absolute Gasteiger partial charge is 0.480 e. The molecule has 0 aliphatic heterocycles. The van der Waals surface area contributed by atoms with E-state index >= 15 is 0 Å². The van der Waals surface area contributed by atoms with Gasteiger partial charge >= 0.3 is 18.1 Å². The number of nitrogens with one attached hydrogen (secondary N) is 2. The van der Waals surface area contributed by atoms with Crippen LogP contribution in [0.5, 0.6) is 0 Å². The van der Waals surface area contributed by atoms with Gasteiger partial charge in [0.1, 0.15) is 6.04 Å². The number of halogens is 3. The van der Waals surface area contributed by atoms with E-state index in [2.05, 4.69) is 5.43 Å². The minimum atomic E-state index is -5.08. The van der Waals surface area contributed by atoms with Gasteiger partial charge in [-0.25, -0.2) is 10.3 Å². The van der Waals surface area contributed by atoms with E-state index in [1.165, 1.54) is 0 Å². The first kappa shape index (κ1) is 38.0. The van der Waals surface area contributed by atoms with Crippen LogP contribution < -0.4 is 16.6 Å². The lowest BCUT2D eigenvalue weighted by Gasteiger charge is -2.31. The highest BCUT2D eigenvalue weighted by Crippen LogP contribution is 2.26. The lowest BCUT2D eigenvalue weighted by Crippen LogP contribution is -2.53. The van der Waals surface area contributed by atoms with Gasteiger partial charge < -0.3 is 15.9 Å². The molecule has 0 bridgehead atoms. The number of amides is 3. The average Bonchev–Trinajstić information content (AvgIpc) is 2.89. The minimum Gasteiger partial charge on any atom is -0.480 e. The molecule has 0 saturated heterocycles. The normalized spacial score (nSPS) is 13.5. The molecule has 0 fully saturated rings. The van der Waals surface area contributed by atoms with Crippen LogP contribution in [0.1, 0.15) is 52.5 Å². The van der Waals surface area contributed by atoms with Gasteiger partial charge in [-0.3, -0.25) is 34.8 Å². The number of allylic oxidation sites excluding steroid dienone is 1. The number of hydrogen-bond donors (Lipinski definition) is 6. The molecule has 0 aliphatic rings. The fourth-order valence-corrected chi connectivity index (χ4v) is 3.59. The molecular weight excluding hydrogens is 565 g/mol. The van der Waals surface area contributed by atoms with Crippen molar-refractivity contribution in [1.29, 1.82) is 0 Å². The van der Waals surface area contributed by atoms with E-state index in [0.29, 0.717) is 6.42 Å². The molecule has 236 valence electrons. The molecule has 0 aliphatic carbocycles. The Morgan fingerprint density at radius 1 is 0.952 bits per heavy atom. The SMILES string of the molecule is CC(C)C[C@@H](C(=O)NN(CC(C)C)C(=O)C[C@H](N)C(=O)O)[C@H](CC=Cc1ccccc1)C(=O)NO.O=C(O)C(F)(F)F. The van der Waals surface area contributed by atoms with Crippen molar-refractivity contribution in [3.8, 4) is 0 Å². The number of carbonyl (C=O) groups is 5. The number of aliphatic carboxylic acids is 2. The number of carboxylic acid groups (broad SMARTS) is 2. The number of hydrogen-bond acceptors (Lipinski definition) is 7. The Bertz CT molecular complexity index is 1070. The molecule has 0 radical (unpaired) electrons. The zero-order valence-corrected chi connectivity index (χ0v) is 23.8. The van der Waals surface area contributed by atoms with Gasteiger partial charge in [0.2, 0.25) is 17.7 Å². The van der Waals surface area contributed by atoms with Crippen molar-refractivity contribution in [3.63, 3.8) is 0 Å². The van der Waals surface area contributed by atoms with Crippen molar-refractivity contribution in [1.82, 2.24) is 15.9 Å². The third-order valence-corrected chi connectivity index (χ3v) is 5.54. The van der Waals surface area contributed by atoms with Crippen LogP contribution in [-0.4, -0.2) is 68.9 Å². The van der Waals surface area contributed by atoms with Crippen LogP contribution >= 0.6 is 0 Å². The third kappa shape index (κ3) is 15.1. The first-order valence-electron chi connectivity index (χ1n) is 12.9. The molecule has 42 heavy (non-hydrogen) atoms. The van der Waals surface area contributed by atoms with E-state index in [0.717, 1.165) is 10.6 Å². The van der Waals surface area contributed by atoms with Gasteiger partial charge in [-0.1, -0.05) is 70.2 Å². The highest BCUT2D eigenvalue weighted by molar-refractivity contribution is 5.90. The predicted molar refractivity (Wildman–Crippen MR) is 145 cm³/mol. The number of nitrogens with two attached hydrogens (primary N) is 1. The Kier molecular flexibility index (Phi) is 16.7. The largest absolute Gasteiger partial charge is 0.490 e. The van der Waals surface area contributed by atoms with Gasteiger partial charge in [0.05, 0.1) is 18.3 Å². The Morgan fingerprint density at radius 2 is 1.50 bits per heavy atom. The quantitative estimate of drug-likeness (QED) is 0.145. The fraction of sp³-hybridized carbons (Fsp3) is 0.519. The molecule has 12 nitrogen and oxygen atoms in total. The zero-order valence-electron chi connectivity index (χ0n) is 23.8. The summed E-state index contributed by atoms with van der Waals surface area (Å²) in [4.78, 5) is 58.6. The molecule has 0 unspecified atom stereocenters. The summed E-state index contributed by atoms with van der Waals surface area (Å²) in [7, 11) is 0. The molecule has 0 saturated carbocycles. The maximum atomic E-state index is 13.4. The van der Waals surface area contributed by atoms with Crippen LogP contribution in [-0.2, 0) is 24.0 Å². The number of carbonyl (C=O) groups excluding carboxylic acids is 3. The lowest BCUT2D eigenvalue weighted by molar-refractivity contribution is -0.192. The number of carboxylic acids is 2. The molecule has 1 aromatic rings. The summed E-state index contributed by atoms with van der Waals surface area (Å²) in [5, 5.41) is 26.6. The number of hydrazine groups is 1. The minimum absolute atomic E-state index is 0.0332. The number of benzene rings is 1. The Labute approximate surface area is 241 Å². The summed E-state index contributed by atoms with van der Waals surface area (Å²) in [6.07, 6.45) is -1.49. The number of rotatable bonds is 13. The average molecular weight is 605 g/mol. The summed E-state index contributed by atoms with van der Waals surface area (Å²) in [6, 6.07) is 8.03. The van der Waals surface area contributed by atoms with Crippen molar-refractivity contribution in [2.45, 2.75) is 59.2 Å². The monoisotopic (exact) mass is 604 g/mol. The topological polar surface area (TPSA) is 199 Å². The first-order valence-corrected chi connectivity index (χ1v) is 12.9. The van der Waals surface area contributed by atoms with E-state index in [4.69, 9.17) is 20.7 Å². The molecule has 0 spiro atoms. The van der Waals surface area contributed by atoms with Gasteiger partial charge in [0.25, 0.3) is 0 Å². The van der Waals surface area contributed by atoms with Gasteiger partial charge in [-0.15, -0.1) is 0 Å². The standard InChI is InChI=1S/C25H38N4O6.C2HF3O2/c1-16(2)13-20(19(24(32)28-35)12-8-11-18-9-6-5-7-10-18)23(31)27-29(15-17(3)4)22(30)14-21(26)25(33)34;3-2(4,5)1(6)7/h5-11,16-17,19-21,35H,12-15,26H2,1-4H3,(H,27,31)(H,28,32)(H,33,34);(H,6,7)/t19-,20+,21-;/m0./s1. The molecule has 1 aromatic carbocycles. The first-order chi connectivity index (χ1) is 19.4. The van der Waals surface area contributed by atoms with Crippen LogP contribution in [0, 0.1) is 23.7 Å². The summed E-state index contributed by atoms with van der Waals surface area (Å²) < 4.78 is 31.7. The van der Waals surface area contributed by atoms with Crippen molar-refractivity contribution in [2.75, 3.05) is 6.54 Å². The molecule has 0 heterocycles. The lowest BCUT2D eigenvalue weighted by atomic mass is 9.82. The summed E-state index contributed by atoms with van der Waals surface area (Å²) >= 11 is 0. The Hall–Kier alpha value is -3.98. The summed E-state index contributed by atoms with van der Waals surface area (Å²) in [6.45, 7) is 7.61. The fourth-order valence-electron chi connectivity index (χ4n) is 3.59. The van der Waals surface area contributed by atoms with E-state index in [1.54, 1.807) is 11.6 Å². The number of alkyl halides is 3. The van der Waals surface area contributed by atoms with Crippen LogP contribution in [0.3, 0.4) is 0 Å². The van der Waals surface area contributed by atoms with Gasteiger partial charge in [0, 0.05) is 6.54 Å². The predicted octanol–water partition coefficient (Wildman–Crippen LogP) is 2.82. The second-order valence-corrected chi connectivity index (χ2v) is 10.2. The second-order valence-electron chi connectivity index (χ2n) is 10.2.